The van der Waals surface area contributed by atoms with E-state index in [0.29, 0.717) is 26.3 Å². The Labute approximate surface area is 141 Å². The largest absolute Gasteiger partial charge is 0.395 e. The van der Waals surface area contributed by atoms with Crippen LogP contribution >= 0.6 is 0 Å². The Bertz CT molecular complexity index is 322. The number of hydrogen-bond donors (Lipinski definition) is 2. The van der Waals surface area contributed by atoms with Gasteiger partial charge in [-0.2, -0.15) is 0 Å². The molecule has 0 aromatic carbocycles. The van der Waals surface area contributed by atoms with Crippen LogP contribution in [0.1, 0.15) is 20.3 Å². The van der Waals surface area contributed by atoms with Gasteiger partial charge < -0.3 is 24.2 Å². The minimum Gasteiger partial charge on any atom is -0.395 e. The van der Waals surface area contributed by atoms with E-state index >= 15 is 0 Å². The lowest BCUT2D eigenvalue weighted by atomic mass is 10.4. The number of rotatable bonds is 11. The molecule has 2 amide bonds. The van der Waals surface area contributed by atoms with Crippen molar-refractivity contribution in [1.82, 2.24) is 15.5 Å². The summed E-state index contributed by atoms with van der Waals surface area (Å²) in [4.78, 5) is 14.0. The van der Waals surface area contributed by atoms with E-state index < -0.39 is 8.56 Å². The monoisotopic (exact) mass is 347 g/mol. The number of carbonyl (C=O) groups is 1. The van der Waals surface area contributed by atoms with Gasteiger partial charge in [-0.15, -0.1) is 0 Å². The molecule has 1 saturated heterocycles. The number of urea groups is 1. The van der Waals surface area contributed by atoms with Crippen LogP contribution in [-0.4, -0.2) is 78.6 Å². The summed E-state index contributed by atoms with van der Waals surface area (Å²) in [7, 11) is -2.06. The summed E-state index contributed by atoms with van der Waals surface area (Å²) in [5, 5.41) is 5.79. The second-order valence-electron chi connectivity index (χ2n) is 5.74. The van der Waals surface area contributed by atoms with Gasteiger partial charge in [0.25, 0.3) is 0 Å². The maximum atomic E-state index is 11.7. The average molecular weight is 348 g/mol. The molecule has 1 aliphatic heterocycles. The molecular formula is C15H33N3O4Si. The first-order chi connectivity index (χ1) is 11.1. The summed E-state index contributed by atoms with van der Waals surface area (Å²) >= 11 is 0. The van der Waals surface area contributed by atoms with Gasteiger partial charge in [-0.1, -0.05) is 0 Å². The number of nitrogens with one attached hydrogen (secondary N) is 2. The smallest absolute Gasteiger partial charge is 0.334 e. The Morgan fingerprint density at radius 3 is 2.35 bits per heavy atom. The van der Waals surface area contributed by atoms with Crippen molar-refractivity contribution < 1.29 is 18.4 Å². The Kier molecular flexibility index (Phi) is 10.5. The SMILES string of the molecule is CCO[Si](C)(CCCNC(=O)NCCN1CCOCC1)OCC. The number of nitrogens with zero attached hydrogens (tertiary/aromatic N) is 1. The molecule has 7 nitrogen and oxygen atoms in total. The highest BCUT2D eigenvalue weighted by molar-refractivity contribution is 6.66. The number of morpholine rings is 1. The maximum Gasteiger partial charge on any atom is 0.334 e. The fourth-order valence-electron chi connectivity index (χ4n) is 2.62. The van der Waals surface area contributed by atoms with Crippen LogP contribution in [0.2, 0.25) is 12.6 Å². The molecule has 1 heterocycles. The number of amides is 2. The van der Waals surface area contributed by atoms with E-state index in [2.05, 4.69) is 22.1 Å². The van der Waals surface area contributed by atoms with Gasteiger partial charge in [-0.3, -0.25) is 4.90 Å². The summed E-state index contributed by atoms with van der Waals surface area (Å²) in [5.41, 5.74) is 0. The van der Waals surface area contributed by atoms with Gasteiger partial charge in [0.05, 0.1) is 13.2 Å². The Morgan fingerprint density at radius 2 is 1.74 bits per heavy atom. The lowest BCUT2D eigenvalue weighted by Crippen LogP contribution is -2.44. The van der Waals surface area contributed by atoms with Crippen LogP contribution in [0.5, 0.6) is 0 Å². The summed E-state index contributed by atoms with van der Waals surface area (Å²) < 4.78 is 16.9. The molecule has 0 spiro atoms. The van der Waals surface area contributed by atoms with E-state index in [4.69, 9.17) is 13.6 Å². The quantitative estimate of drug-likeness (QED) is 0.433. The van der Waals surface area contributed by atoms with Crippen molar-refractivity contribution in [3.05, 3.63) is 0 Å². The van der Waals surface area contributed by atoms with Crippen molar-refractivity contribution >= 4 is 14.6 Å². The van der Waals surface area contributed by atoms with Gasteiger partial charge >= 0.3 is 14.6 Å². The Hall–Kier alpha value is -0.673. The number of hydrogen-bond acceptors (Lipinski definition) is 5. The molecule has 0 aliphatic carbocycles. The van der Waals surface area contributed by atoms with Crippen LogP contribution < -0.4 is 10.6 Å². The molecule has 1 aliphatic rings. The van der Waals surface area contributed by atoms with Crippen LogP contribution in [0.4, 0.5) is 4.79 Å². The third-order valence-corrected chi connectivity index (χ3v) is 6.87. The van der Waals surface area contributed by atoms with E-state index in [0.717, 1.165) is 45.3 Å². The fraction of sp³-hybridized carbons (Fsp3) is 0.933. The van der Waals surface area contributed by atoms with E-state index in [1.54, 1.807) is 0 Å². The van der Waals surface area contributed by atoms with E-state index in [1.807, 2.05) is 13.8 Å². The Morgan fingerprint density at radius 1 is 1.13 bits per heavy atom. The molecule has 0 aromatic heterocycles. The molecule has 23 heavy (non-hydrogen) atoms. The Balaban J connectivity index is 2.06. The zero-order valence-corrected chi connectivity index (χ0v) is 15.9. The van der Waals surface area contributed by atoms with Gasteiger partial charge in [0.1, 0.15) is 0 Å². The molecule has 0 atom stereocenters. The molecule has 0 saturated carbocycles. The highest BCUT2D eigenvalue weighted by atomic mass is 28.4. The predicted molar refractivity (Wildman–Crippen MR) is 93.0 cm³/mol. The van der Waals surface area contributed by atoms with E-state index in [1.165, 1.54) is 0 Å². The highest BCUT2D eigenvalue weighted by Gasteiger charge is 2.29. The molecule has 1 rings (SSSR count). The lowest BCUT2D eigenvalue weighted by Gasteiger charge is -2.26. The zero-order valence-electron chi connectivity index (χ0n) is 14.9. The van der Waals surface area contributed by atoms with Gasteiger partial charge in [-0.25, -0.2) is 4.79 Å². The van der Waals surface area contributed by atoms with E-state index in [-0.39, 0.29) is 6.03 Å². The maximum absolute atomic E-state index is 11.7. The molecule has 0 aromatic rings. The predicted octanol–water partition coefficient (Wildman–Crippen LogP) is 1.15. The van der Waals surface area contributed by atoms with Crippen molar-refractivity contribution in [2.24, 2.45) is 0 Å². The second-order valence-corrected chi connectivity index (χ2v) is 9.09. The van der Waals surface area contributed by atoms with Crippen molar-refractivity contribution in [2.75, 3.05) is 59.2 Å². The minimum absolute atomic E-state index is 0.102. The van der Waals surface area contributed by atoms with Crippen molar-refractivity contribution in [1.29, 1.82) is 0 Å². The molecule has 1 fully saturated rings. The number of ether oxygens (including phenoxy) is 1. The molecule has 8 heteroatoms. The zero-order chi connectivity index (χ0) is 17.0. The molecule has 2 N–H and O–H groups in total. The van der Waals surface area contributed by atoms with Gasteiger partial charge in [0, 0.05) is 45.9 Å². The van der Waals surface area contributed by atoms with Crippen LogP contribution in [0.25, 0.3) is 0 Å². The summed E-state index contributed by atoms with van der Waals surface area (Å²) in [6.45, 7) is 13.1. The lowest BCUT2D eigenvalue weighted by molar-refractivity contribution is 0.0387. The van der Waals surface area contributed by atoms with Crippen LogP contribution in [-0.2, 0) is 13.6 Å². The van der Waals surface area contributed by atoms with Gasteiger partial charge in [0.2, 0.25) is 0 Å². The van der Waals surface area contributed by atoms with Crippen LogP contribution in [0.15, 0.2) is 0 Å². The van der Waals surface area contributed by atoms with Crippen molar-refractivity contribution in [2.45, 2.75) is 32.9 Å². The first kappa shape index (κ1) is 20.4. The van der Waals surface area contributed by atoms with Crippen LogP contribution in [0, 0.1) is 0 Å². The van der Waals surface area contributed by atoms with Crippen LogP contribution in [0.3, 0.4) is 0 Å². The summed E-state index contributed by atoms with van der Waals surface area (Å²) in [6.07, 6.45) is 0.875. The van der Waals surface area contributed by atoms with E-state index in [9.17, 15) is 4.79 Å². The molecule has 0 bridgehead atoms. The third kappa shape index (κ3) is 9.26. The summed E-state index contributed by atoms with van der Waals surface area (Å²) in [5.74, 6) is 0. The van der Waals surface area contributed by atoms with Crippen molar-refractivity contribution in [3.8, 4) is 0 Å². The first-order valence-corrected chi connectivity index (χ1v) is 11.2. The fourth-order valence-corrected chi connectivity index (χ4v) is 5.04. The van der Waals surface area contributed by atoms with Gasteiger partial charge in [0.15, 0.2) is 0 Å². The standard InChI is InChI=1S/C15H33N3O4Si/c1-4-21-23(3,22-5-2)14-6-7-16-15(19)17-8-9-18-10-12-20-13-11-18/h4-14H2,1-3H3,(H2,16,17,19). The second kappa shape index (κ2) is 11.8. The number of carbonyl (C=O) groups excluding carboxylic acids is 1. The highest BCUT2D eigenvalue weighted by Crippen LogP contribution is 2.15. The molecule has 136 valence electrons. The topological polar surface area (TPSA) is 72.1 Å². The third-order valence-electron chi connectivity index (χ3n) is 3.81. The normalized spacial score (nSPS) is 16.3. The molecular weight excluding hydrogens is 314 g/mol. The molecule has 0 unspecified atom stereocenters. The van der Waals surface area contributed by atoms with Crippen molar-refractivity contribution in [3.63, 3.8) is 0 Å². The first-order valence-electron chi connectivity index (χ1n) is 8.69. The van der Waals surface area contributed by atoms with Gasteiger partial charge in [-0.05, 0) is 32.9 Å². The summed E-state index contributed by atoms with van der Waals surface area (Å²) in [6, 6.07) is 0.789. The minimum atomic E-state index is -2.06. The average Bonchev–Trinajstić information content (AvgIpc) is 2.53. The molecule has 0 radical (unpaired) electrons.